The van der Waals surface area contributed by atoms with E-state index >= 15 is 0 Å². The van der Waals surface area contributed by atoms with E-state index in [1.54, 1.807) is 0 Å². The SMILES string of the molecule is CNCCCc1cc2ccc(Cl)c(Cl)c2nc1C. The lowest BCUT2D eigenvalue weighted by Gasteiger charge is -2.09. The molecule has 0 saturated heterocycles. The first-order valence-electron chi connectivity index (χ1n) is 6.02. The van der Waals surface area contributed by atoms with Crippen LogP contribution in [0.15, 0.2) is 18.2 Å². The van der Waals surface area contributed by atoms with Gasteiger partial charge in [0, 0.05) is 11.1 Å². The molecular formula is C14H16Cl2N2. The summed E-state index contributed by atoms with van der Waals surface area (Å²) in [6, 6.07) is 5.95. The Labute approximate surface area is 117 Å². The second-order valence-corrected chi connectivity index (χ2v) is 5.16. The molecule has 0 aliphatic rings. The molecule has 1 heterocycles. The first kappa shape index (κ1) is 13.6. The minimum atomic E-state index is 0.541. The molecule has 18 heavy (non-hydrogen) atoms. The molecule has 2 rings (SSSR count). The number of halogens is 2. The third kappa shape index (κ3) is 2.77. The first-order chi connectivity index (χ1) is 8.63. The summed E-state index contributed by atoms with van der Waals surface area (Å²) in [7, 11) is 1.97. The van der Waals surface area contributed by atoms with Gasteiger partial charge in [-0.25, -0.2) is 0 Å². The second-order valence-electron chi connectivity index (χ2n) is 4.37. The van der Waals surface area contributed by atoms with Crippen LogP contribution in [0.5, 0.6) is 0 Å². The van der Waals surface area contributed by atoms with Crippen molar-refractivity contribution in [3.8, 4) is 0 Å². The number of benzene rings is 1. The second kappa shape index (κ2) is 5.87. The summed E-state index contributed by atoms with van der Waals surface area (Å²) in [5.74, 6) is 0. The lowest BCUT2D eigenvalue weighted by Crippen LogP contribution is -2.09. The van der Waals surface area contributed by atoms with E-state index in [0.717, 1.165) is 36.0 Å². The van der Waals surface area contributed by atoms with Crippen LogP contribution >= 0.6 is 23.2 Å². The van der Waals surface area contributed by atoms with Gasteiger partial charge in [-0.05, 0) is 51.1 Å². The minimum Gasteiger partial charge on any atom is -0.320 e. The average Bonchev–Trinajstić information content (AvgIpc) is 2.36. The Kier molecular flexibility index (Phi) is 4.44. The molecule has 0 fully saturated rings. The summed E-state index contributed by atoms with van der Waals surface area (Å²) in [5, 5.41) is 5.30. The number of nitrogens with zero attached hydrogens (tertiary/aromatic N) is 1. The number of hydrogen-bond acceptors (Lipinski definition) is 2. The van der Waals surface area contributed by atoms with Gasteiger partial charge in [0.05, 0.1) is 15.6 Å². The van der Waals surface area contributed by atoms with Crippen molar-refractivity contribution in [1.82, 2.24) is 10.3 Å². The molecule has 2 aromatic rings. The summed E-state index contributed by atoms with van der Waals surface area (Å²) >= 11 is 12.2. The van der Waals surface area contributed by atoms with Crippen LogP contribution in [0.1, 0.15) is 17.7 Å². The quantitative estimate of drug-likeness (QED) is 0.858. The normalized spacial score (nSPS) is 11.1. The number of nitrogens with one attached hydrogen (secondary N) is 1. The molecule has 0 spiro atoms. The highest BCUT2D eigenvalue weighted by atomic mass is 35.5. The van der Waals surface area contributed by atoms with Crippen molar-refractivity contribution in [1.29, 1.82) is 0 Å². The van der Waals surface area contributed by atoms with Crippen molar-refractivity contribution < 1.29 is 0 Å². The summed E-state index contributed by atoms with van der Waals surface area (Å²) < 4.78 is 0. The number of aryl methyl sites for hydroxylation is 2. The van der Waals surface area contributed by atoms with Crippen LogP contribution in [-0.4, -0.2) is 18.6 Å². The molecule has 4 heteroatoms. The zero-order valence-corrected chi connectivity index (χ0v) is 12.1. The van der Waals surface area contributed by atoms with E-state index in [0.29, 0.717) is 10.0 Å². The standard InChI is InChI=1S/C14H16Cl2N2/c1-9-10(4-3-7-17-2)8-11-5-6-12(15)13(16)14(11)18-9/h5-6,8,17H,3-4,7H2,1-2H3. The molecule has 0 amide bonds. The Hall–Kier alpha value is -0.830. The van der Waals surface area contributed by atoms with Gasteiger partial charge in [-0.1, -0.05) is 29.3 Å². The summed E-state index contributed by atoms with van der Waals surface area (Å²) in [4.78, 5) is 4.58. The van der Waals surface area contributed by atoms with Crippen molar-refractivity contribution in [2.75, 3.05) is 13.6 Å². The molecular weight excluding hydrogens is 267 g/mol. The van der Waals surface area contributed by atoms with Crippen molar-refractivity contribution >= 4 is 34.1 Å². The molecule has 0 unspecified atom stereocenters. The van der Waals surface area contributed by atoms with Crippen LogP contribution in [0.25, 0.3) is 10.9 Å². The van der Waals surface area contributed by atoms with Gasteiger partial charge in [0.15, 0.2) is 0 Å². The highest BCUT2D eigenvalue weighted by Gasteiger charge is 2.08. The smallest absolute Gasteiger partial charge is 0.0906 e. The van der Waals surface area contributed by atoms with Gasteiger partial charge in [-0.15, -0.1) is 0 Å². The van der Waals surface area contributed by atoms with E-state index in [9.17, 15) is 0 Å². The van der Waals surface area contributed by atoms with Gasteiger partial charge >= 0.3 is 0 Å². The van der Waals surface area contributed by atoms with Crippen LogP contribution in [0.4, 0.5) is 0 Å². The first-order valence-corrected chi connectivity index (χ1v) is 6.78. The molecule has 1 aromatic heterocycles. The van der Waals surface area contributed by atoms with Crippen LogP contribution < -0.4 is 5.32 Å². The monoisotopic (exact) mass is 282 g/mol. The lowest BCUT2D eigenvalue weighted by atomic mass is 10.1. The third-order valence-corrected chi connectivity index (χ3v) is 3.84. The Morgan fingerprint density at radius 3 is 2.78 bits per heavy atom. The molecule has 1 N–H and O–H groups in total. The van der Waals surface area contributed by atoms with Crippen molar-refractivity contribution in [3.63, 3.8) is 0 Å². The van der Waals surface area contributed by atoms with Crippen molar-refractivity contribution in [2.24, 2.45) is 0 Å². The fourth-order valence-corrected chi connectivity index (χ4v) is 2.39. The fraction of sp³-hybridized carbons (Fsp3) is 0.357. The van der Waals surface area contributed by atoms with Gasteiger partial charge in [-0.2, -0.15) is 0 Å². The Morgan fingerprint density at radius 1 is 1.28 bits per heavy atom. The number of fused-ring (bicyclic) bond motifs is 1. The maximum absolute atomic E-state index is 6.17. The topological polar surface area (TPSA) is 24.9 Å². The van der Waals surface area contributed by atoms with E-state index in [1.165, 1.54) is 5.56 Å². The Bertz CT molecular complexity index is 567. The van der Waals surface area contributed by atoms with Crippen LogP contribution in [0.2, 0.25) is 10.0 Å². The largest absolute Gasteiger partial charge is 0.320 e. The van der Waals surface area contributed by atoms with Crippen LogP contribution in [0.3, 0.4) is 0 Å². The van der Waals surface area contributed by atoms with E-state index in [4.69, 9.17) is 23.2 Å². The summed E-state index contributed by atoms with van der Waals surface area (Å²) in [6.45, 7) is 3.03. The van der Waals surface area contributed by atoms with Gasteiger partial charge in [0.1, 0.15) is 0 Å². The molecule has 0 aliphatic heterocycles. The lowest BCUT2D eigenvalue weighted by molar-refractivity contribution is 0.721. The average molecular weight is 283 g/mol. The molecule has 0 aliphatic carbocycles. The maximum atomic E-state index is 6.17. The third-order valence-electron chi connectivity index (χ3n) is 3.05. The molecule has 2 nitrogen and oxygen atoms in total. The predicted octanol–water partition coefficient (Wildman–Crippen LogP) is 4.00. The molecule has 96 valence electrons. The molecule has 1 aromatic carbocycles. The predicted molar refractivity (Wildman–Crippen MR) is 78.7 cm³/mol. The summed E-state index contributed by atoms with van der Waals surface area (Å²) in [5.41, 5.74) is 3.10. The van der Waals surface area contributed by atoms with E-state index in [1.807, 2.05) is 26.1 Å². The van der Waals surface area contributed by atoms with Gasteiger partial charge in [0.2, 0.25) is 0 Å². The van der Waals surface area contributed by atoms with Gasteiger partial charge in [-0.3, -0.25) is 4.98 Å². The highest BCUT2D eigenvalue weighted by molar-refractivity contribution is 6.45. The van der Waals surface area contributed by atoms with Crippen LogP contribution in [0, 0.1) is 6.92 Å². The summed E-state index contributed by atoms with van der Waals surface area (Å²) in [6.07, 6.45) is 2.13. The highest BCUT2D eigenvalue weighted by Crippen LogP contribution is 2.30. The Balaban J connectivity index is 2.40. The minimum absolute atomic E-state index is 0.541. The van der Waals surface area contributed by atoms with E-state index < -0.39 is 0 Å². The molecule has 0 radical (unpaired) electrons. The number of pyridine rings is 1. The van der Waals surface area contributed by atoms with Crippen molar-refractivity contribution in [3.05, 3.63) is 39.5 Å². The maximum Gasteiger partial charge on any atom is 0.0906 e. The van der Waals surface area contributed by atoms with Gasteiger partial charge < -0.3 is 5.32 Å². The molecule has 0 saturated carbocycles. The van der Waals surface area contributed by atoms with E-state index in [-0.39, 0.29) is 0 Å². The zero-order valence-electron chi connectivity index (χ0n) is 10.6. The number of hydrogen-bond donors (Lipinski definition) is 1. The van der Waals surface area contributed by atoms with E-state index in [2.05, 4.69) is 16.4 Å². The number of aromatic nitrogens is 1. The van der Waals surface area contributed by atoms with Gasteiger partial charge in [0.25, 0.3) is 0 Å². The zero-order chi connectivity index (χ0) is 13.1. The van der Waals surface area contributed by atoms with Crippen LogP contribution in [-0.2, 0) is 6.42 Å². The molecule has 0 bridgehead atoms. The fourth-order valence-electron chi connectivity index (χ4n) is 2.03. The Morgan fingerprint density at radius 2 is 2.06 bits per heavy atom. The van der Waals surface area contributed by atoms with Crippen molar-refractivity contribution in [2.45, 2.75) is 19.8 Å². The molecule has 0 atom stereocenters. The number of rotatable bonds is 4.